The van der Waals surface area contributed by atoms with E-state index >= 15 is 0 Å². The lowest BCUT2D eigenvalue weighted by Gasteiger charge is -2.41. The number of ketones is 1. The van der Waals surface area contributed by atoms with E-state index in [4.69, 9.17) is 5.73 Å². The van der Waals surface area contributed by atoms with Gasteiger partial charge in [-0.15, -0.1) is 10.2 Å². The zero-order chi connectivity index (χ0) is 30.0. The molecular weight excluding hydrogens is 565 g/mol. The number of carbonyl (C=O) groups excluding carboxylic acids is 2. The first-order valence-electron chi connectivity index (χ1n) is 13.6. The summed E-state index contributed by atoms with van der Waals surface area (Å²) >= 11 is 2.55. The number of thioether (sulfide) groups is 1. The van der Waals surface area contributed by atoms with Crippen molar-refractivity contribution in [1.82, 2.24) is 10.2 Å². The van der Waals surface area contributed by atoms with Gasteiger partial charge in [-0.2, -0.15) is 5.26 Å². The Bertz CT molecular complexity index is 1680. The molecule has 1 amide bonds. The summed E-state index contributed by atoms with van der Waals surface area (Å²) in [6.45, 7) is 8.09. The van der Waals surface area contributed by atoms with Gasteiger partial charge in [0, 0.05) is 29.3 Å². The number of Topliss-reactive ketones (excluding diaryl/α,β-unsaturated/α-hetero) is 1. The highest BCUT2D eigenvalue weighted by molar-refractivity contribution is 8.01. The zero-order valence-corrected chi connectivity index (χ0v) is 25.6. The normalized spacial score (nSPS) is 18.3. The van der Waals surface area contributed by atoms with Gasteiger partial charge in [-0.25, -0.2) is 0 Å². The quantitative estimate of drug-likeness (QED) is 0.301. The van der Waals surface area contributed by atoms with E-state index in [9.17, 15) is 14.9 Å². The molecule has 42 heavy (non-hydrogen) atoms. The second-order valence-electron chi connectivity index (χ2n) is 11.2. The Morgan fingerprint density at radius 1 is 1.19 bits per heavy atom. The molecule has 3 aromatic rings. The van der Waals surface area contributed by atoms with Crippen molar-refractivity contribution in [3.63, 3.8) is 0 Å². The highest BCUT2D eigenvalue weighted by atomic mass is 32.2. The molecule has 0 fully saturated rings. The Labute approximate surface area is 254 Å². The van der Waals surface area contributed by atoms with Crippen LogP contribution in [0.15, 0.2) is 81.6 Å². The number of nitrogens with two attached hydrogens (primary N) is 1. The lowest BCUT2D eigenvalue weighted by Crippen LogP contribution is -2.42. The molecule has 1 unspecified atom stereocenters. The molecule has 0 saturated heterocycles. The minimum absolute atomic E-state index is 0.00330. The Hall–Kier alpha value is -4.20. The number of anilines is 2. The number of aryl methyl sites for hydroxylation is 1. The minimum atomic E-state index is -0.555. The van der Waals surface area contributed by atoms with E-state index < -0.39 is 5.92 Å². The van der Waals surface area contributed by atoms with E-state index in [-0.39, 0.29) is 28.7 Å². The number of rotatable bonds is 7. The fourth-order valence-corrected chi connectivity index (χ4v) is 6.97. The third-order valence-corrected chi connectivity index (χ3v) is 9.54. The van der Waals surface area contributed by atoms with E-state index in [0.717, 1.165) is 28.1 Å². The number of hydrogen-bond donors (Lipinski definition) is 2. The smallest absolute Gasteiger partial charge is 0.234 e. The second kappa shape index (κ2) is 12.0. The molecule has 2 aliphatic rings. The summed E-state index contributed by atoms with van der Waals surface area (Å²) in [5, 5.41) is 22.3. The number of aromatic nitrogens is 2. The fourth-order valence-electron chi connectivity index (χ4n) is 5.28. The SMILES string of the molecule is Cc1cccc(NC(=O)CSc2nnc(N3C(N)=C(C#N)C(/C=C/c4ccccc4)C4=C3CC(C)(C)CC4=O)s2)c1C. The van der Waals surface area contributed by atoms with Gasteiger partial charge >= 0.3 is 0 Å². The molecule has 1 aliphatic carbocycles. The first-order chi connectivity index (χ1) is 20.1. The lowest BCUT2D eigenvalue weighted by molar-refractivity contribution is -0.118. The molecule has 0 saturated carbocycles. The van der Waals surface area contributed by atoms with Crippen molar-refractivity contribution in [3.05, 3.63) is 94.0 Å². The van der Waals surface area contributed by atoms with Crippen LogP contribution in [0.1, 0.15) is 43.4 Å². The number of nitrogens with zero attached hydrogens (tertiary/aromatic N) is 4. The summed E-state index contributed by atoms with van der Waals surface area (Å²) in [6, 6.07) is 17.8. The van der Waals surface area contributed by atoms with Gasteiger partial charge < -0.3 is 11.1 Å². The molecule has 0 spiro atoms. The van der Waals surface area contributed by atoms with Crippen LogP contribution in [0.4, 0.5) is 10.8 Å². The predicted molar refractivity (Wildman–Crippen MR) is 168 cm³/mol. The van der Waals surface area contributed by atoms with Crippen LogP contribution in [-0.2, 0) is 9.59 Å². The number of nitriles is 1. The molecule has 214 valence electrons. The van der Waals surface area contributed by atoms with Crippen LogP contribution in [0.2, 0.25) is 0 Å². The van der Waals surface area contributed by atoms with Crippen molar-refractivity contribution < 1.29 is 9.59 Å². The maximum atomic E-state index is 13.6. The number of carbonyl (C=O) groups is 2. The van der Waals surface area contributed by atoms with E-state index in [1.807, 2.05) is 74.5 Å². The highest BCUT2D eigenvalue weighted by Crippen LogP contribution is 2.48. The number of hydrogen-bond acceptors (Lipinski definition) is 9. The van der Waals surface area contributed by atoms with Crippen LogP contribution in [-0.4, -0.2) is 27.6 Å². The number of benzene rings is 2. The topological polar surface area (TPSA) is 125 Å². The summed E-state index contributed by atoms with van der Waals surface area (Å²) in [6.07, 6.45) is 4.77. The lowest BCUT2D eigenvalue weighted by atomic mass is 9.70. The number of amides is 1. The minimum Gasteiger partial charge on any atom is -0.384 e. The summed E-state index contributed by atoms with van der Waals surface area (Å²) in [5.74, 6) is -0.308. The summed E-state index contributed by atoms with van der Waals surface area (Å²) in [5.41, 5.74) is 11.9. The number of nitrogens with one attached hydrogen (secondary N) is 1. The molecule has 1 atom stereocenters. The first kappa shape index (κ1) is 29.3. The van der Waals surface area contributed by atoms with Gasteiger partial charge in [0.15, 0.2) is 10.1 Å². The van der Waals surface area contributed by atoms with Crippen LogP contribution in [0.5, 0.6) is 0 Å². The van der Waals surface area contributed by atoms with Gasteiger partial charge in [-0.1, -0.05) is 91.6 Å². The molecule has 0 radical (unpaired) electrons. The van der Waals surface area contributed by atoms with Gasteiger partial charge in [-0.05, 0) is 48.4 Å². The molecular formula is C32H32N6O2S2. The third kappa shape index (κ3) is 6.03. The van der Waals surface area contributed by atoms with Crippen LogP contribution >= 0.6 is 23.1 Å². The molecule has 10 heteroatoms. The van der Waals surface area contributed by atoms with Crippen molar-refractivity contribution in [1.29, 1.82) is 5.26 Å². The zero-order valence-electron chi connectivity index (χ0n) is 24.0. The van der Waals surface area contributed by atoms with Gasteiger partial charge in [0.2, 0.25) is 11.0 Å². The van der Waals surface area contributed by atoms with Crippen LogP contribution in [0.3, 0.4) is 0 Å². The molecule has 1 aromatic heterocycles. The Morgan fingerprint density at radius 3 is 2.69 bits per heavy atom. The standard InChI is InChI=1S/C32H32N6O2S2/c1-19-9-8-12-24(20(19)2)35-27(40)18-41-31-37-36-30(42-31)38-25-15-32(3,4)16-26(39)28(25)22(23(17-33)29(38)34)14-13-21-10-6-5-7-11-21/h5-14,22H,15-16,18,34H2,1-4H3,(H,35,40)/b14-13+. The Morgan fingerprint density at radius 2 is 1.95 bits per heavy atom. The Kier molecular flexibility index (Phi) is 8.34. The van der Waals surface area contributed by atoms with Gasteiger partial charge in [-0.3, -0.25) is 14.5 Å². The van der Waals surface area contributed by atoms with Gasteiger partial charge in [0.1, 0.15) is 5.82 Å². The third-order valence-electron chi connectivity index (χ3n) is 7.50. The summed E-state index contributed by atoms with van der Waals surface area (Å²) in [7, 11) is 0. The predicted octanol–water partition coefficient (Wildman–Crippen LogP) is 6.37. The van der Waals surface area contributed by atoms with Crippen LogP contribution < -0.4 is 16.0 Å². The average molecular weight is 597 g/mol. The van der Waals surface area contributed by atoms with Crippen LogP contribution in [0, 0.1) is 36.5 Å². The summed E-state index contributed by atoms with van der Waals surface area (Å²) in [4.78, 5) is 28.0. The molecule has 0 bridgehead atoms. The molecule has 5 rings (SSSR count). The molecule has 2 aromatic carbocycles. The monoisotopic (exact) mass is 596 g/mol. The highest BCUT2D eigenvalue weighted by Gasteiger charge is 2.44. The summed E-state index contributed by atoms with van der Waals surface area (Å²) < 4.78 is 0.585. The molecule has 2 heterocycles. The molecule has 3 N–H and O–H groups in total. The van der Waals surface area contributed by atoms with Crippen molar-refractivity contribution in [3.8, 4) is 6.07 Å². The maximum Gasteiger partial charge on any atom is 0.234 e. The average Bonchev–Trinajstić information content (AvgIpc) is 3.41. The van der Waals surface area contributed by atoms with Gasteiger partial charge in [0.25, 0.3) is 0 Å². The van der Waals surface area contributed by atoms with Crippen molar-refractivity contribution in [2.24, 2.45) is 17.1 Å². The van der Waals surface area contributed by atoms with E-state index in [1.165, 1.54) is 23.1 Å². The first-order valence-corrected chi connectivity index (χ1v) is 15.4. The van der Waals surface area contributed by atoms with Crippen molar-refractivity contribution in [2.45, 2.75) is 44.9 Å². The second-order valence-corrected chi connectivity index (χ2v) is 13.4. The largest absolute Gasteiger partial charge is 0.384 e. The van der Waals surface area contributed by atoms with Gasteiger partial charge in [0.05, 0.1) is 17.4 Å². The Balaban J connectivity index is 1.43. The van der Waals surface area contributed by atoms with E-state index in [1.54, 1.807) is 4.90 Å². The molecule has 1 aliphatic heterocycles. The van der Waals surface area contributed by atoms with E-state index in [0.29, 0.717) is 33.5 Å². The van der Waals surface area contributed by atoms with Crippen molar-refractivity contribution in [2.75, 3.05) is 16.0 Å². The number of allylic oxidation sites excluding steroid dienone is 4. The fraction of sp³-hybridized carbons (Fsp3) is 0.281. The maximum absolute atomic E-state index is 13.6. The van der Waals surface area contributed by atoms with Crippen LogP contribution in [0.25, 0.3) is 6.08 Å². The molecule has 8 nitrogen and oxygen atoms in total. The van der Waals surface area contributed by atoms with E-state index in [2.05, 4.69) is 35.4 Å². The van der Waals surface area contributed by atoms with Crippen molar-refractivity contribution >= 4 is 51.7 Å².